The van der Waals surface area contributed by atoms with Crippen molar-refractivity contribution in [2.24, 2.45) is 5.73 Å². The first-order chi connectivity index (χ1) is 9.58. The van der Waals surface area contributed by atoms with Crippen LogP contribution in [-0.2, 0) is 15.1 Å². The van der Waals surface area contributed by atoms with E-state index in [9.17, 15) is 4.79 Å². The van der Waals surface area contributed by atoms with Crippen molar-refractivity contribution in [2.45, 2.75) is 37.8 Å². The summed E-state index contributed by atoms with van der Waals surface area (Å²) >= 11 is 6.04. The molecule has 1 saturated heterocycles. The van der Waals surface area contributed by atoms with Gasteiger partial charge in [0.25, 0.3) is 0 Å². The summed E-state index contributed by atoms with van der Waals surface area (Å²) < 4.78 is 5.59. The lowest BCUT2D eigenvalue weighted by Crippen LogP contribution is -2.54. The highest BCUT2D eigenvalue weighted by Gasteiger charge is 2.37. The molecule has 1 aromatic rings. The van der Waals surface area contributed by atoms with Gasteiger partial charge in [-0.3, -0.25) is 10.1 Å². The zero-order valence-corrected chi connectivity index (χ0v) is 12.5. The van der Waals surface area contributed by atoms with E-state index in [1.54, 1.807) is 12.1 Å². The molecule has 1 aliphatic heterocycles. The molecule has 4 nitrogen and oxygen atoms in total. The molecule has 1 heterocycles. The number of amides is 1. The molecule has 0 saturated carbocycles. The van der Waals surface area contributed by atoms with Gasteiger partial charge in [0.2, 0.25) is 5.91 Å². The fourth-order valence-electron chi connectivity index (χ4n) is 2.68. The topological polar surface area (TPSA) is 64.3 Å². The first kappa shape index (κ1) is 15.3. The molecule has 0 bridgehead atoms. The number of rotatable bonds is 6. The highest BCUT2D eigenvalue weighted by molar-refractivity contribution is 6.30. The summed E-state index contributed by atoms with van der Waals surface area (Å²) in [5.74, 6) is -0.389. The molecule has 1 aromatic carbocycles. The third kappa shape index (κ3) is 3.14. The highest BCUT2D eigenvalue weighted by Crippen LogP contribution is 2.27. The Morgan fingerprint density at radius 2 is 2.40 bits per heavy atom. The molecule has 1 aliphatic rings. The van der Waals surface area contributed by atoms with Crippen LogP contribution < -0.4 is 11.1 Å². The van der Waals surface area contributed by atoms with Crippen LogP contribution in [0.3, 0.4) is 0 Å². The number of nitrogens with one attached hydrogen (secondary N) is 1. The fourth-order valence-corrected chi connectivity index (χ4v) is 2.87. The predicted molar refractivity (Wildman–Crippen MR) is 79.6 cm³/mol. The summed E-state index contributed by atoms with van der Waals surface area (Å²) in [6.07, 6.45) is 2.80. The summed E-state index contributed by atoms with van der Waals surface area (Å²) in [6.45, 7) is 3.34. The van der Waals surface area contributed by atoms with Gasteiger partial charge in [0.05, 0.1) is 6.10 Å². The van der Waals surface area contributed by atoms with Crippen LogP contribution in [0.2, 0.25) is 5.02 Å². The summed E-state index contributed by atoms with van der Waals surface area (Å²) in [7, 11) is 0. The second-order valence-corrected chi connectivity index (χ2v) is 5.59. The van der Waals surface area contributed by atoms with E-state index >= 15 is 0 Å². The van der Waals surface area contributed by atoms with Crippen LogP contribution in [0, 0.1) is 0 Å². The van der Waals surface area contributed by atoms with Crippen molar-refractivity contribution < 1.29 is 9.53 Å². The standard InChI is InChI=1S/C15H21ClN2O2/c1-2-15(14(17)19,11-5-3-6-12(16)9-11)18-10-13-7-4-8-20-13/h3,5-6,9,13,18H,2,4,7-8,10H2,1H3,(H2,17,19). The van der Waals surface area contributed by atoms with Crippen molar-refractivity contribution in [3.05, 3.63) is 34.9 Å². The van der Waals surface area contributed by atoms with E-state index in [4.69, 9.17) is 22.1 Å². The number of benzene rings is 1. The number of hydrogen-bond acceptors (Lipinski definition) is 3. The minimum Gasteiger partial charge on any atom is -0.377 e. The van der Waals surface area contributed by atoms with Crippen molar-refractivity contribution in [1.29, 1.82) is 0 Å². The number of primary amides is 1. The van der Waals surface area contributed by atoms with Gasteiger partial charge in [0.1, 0.15) is 5.54 Å². The maximum Gasteiger partial charge on any atom is 0.242 e. The Morgan fingerprint density at radius 3 is 2.95 bits per heavy atom. The van der Waals surface area contributed by atoms with Gasteiger partial charge in [-0.15, -0.1) is 0 Å². The molecule has 2 rings (SSSR count). The Bertz CT molecular complexity index is 475. The number of carbonyl (C=O) groups is 1. The van der Waals surface area contributed by atoms with E-state index in [1.165, 1.54) is 0 Å². The maximum atomic E-state index is 12.0. The quantitative estimate of drug-likeness (QED) is 0.846. The first-order valence-electron chi connectivity index (χ1n) is 7.01. The smallest absolute Gasteiger partial charge is 0.242 e. The van der Waals surface area contributed by atoms with Gasteiger partial charge >= 0.3 is 0 Å². The molecule has 2 atom stereocenters. The zero-order valence-electron chi connectivity index (χ0n) is 11.7. The lowest BCUT2D eigenvalue weighted by atomic mass is 9.86. The van der Waals surface area contributed by atoms with E-state index in [0.717, 1.165) is 25.0 Å². The Labute approximate surface area is 124 Å². The van der Waals surface area contributed by atoms with Gasteiger partial charge in [0, 0.05) is 18.2 Å². The Kier molecular flexibility index (Phi) is 5.02. The zero-order chi connectivity index (χ0) is 14.6. The second-order valence-electron chi connectivity index (χ2n) is 5.15. The summed E-state index contributed by atoms with van der Waals surface area (Å²) in [5.41, 5.74) is 5.58. The largest absolute Gasteiger partial charge is 0.377 e. The average molecular weight is 297 g/mol. The minimum absolute atomic E-state index is 0.152. The minimum atomic E-state index is -0.892. The lowest BCUT2D eigenvalue weighted by Gasteiger charge is -2.32. The Morgan fingerprint density at radius 1 is 1.60 bits per heavy atom. The van der Waals surface area contributed by atoms with Crippen LogP contribution >= 0.6 is 11.6 Å². The Balaban J connectivity index is 2.22. The van der Waals surface area contributed by atoms with Gasteiger partial charge in [-0.1, -0.05) is 30.7 Å². The van der Waals surface area contributed by atoms with E-state index in [0.29, 0.717) is 18.0 Å². The maximum absolute atomic E-state index is 12.0. The number of hydrogen-bond donors (Lipinski definition) is 2. The van der Waals surface area contributed by atoms with Gasteiger partial charge in [0.15, 0.2) is 0 Å². The third-order valence-corrected chi connectivity index (χ3v) is 4.16. The van der Waals surface area contributed by atoms with Crippen molar-refractivity contribution >= 4 is 17.5 Å². The molecular formula is C15H21ClN2O2. The SMILES string of the molecule is CCC(NCC1CCCO1)(C(N)=O)c1cccc(Cl)c1. The molecule has 0 aliphatic carbocycles. The monoisotopic (exact) mass is 296 g/mol. The van der Waals surface area contributed by atoms with Gasteiger partial charge in [-0.2, -0.15) is 0 Å². The van der Waals surface area contributed by atoms with Crippen molar-refractivity contribution in [2.75, 3.05) is 13.2 Å². The van der Waals surface area contributed by atoms with Crippen molar-refractivity contribution in [1.82, 2.24) is 5.32 Å². The van der Waals surface area contributed by atoms with Crippen molar-refractivity contribution in [3.8, 4) is 0 Å². The normalized spacial score (nSPS) is 21.6. The molecule has 0 spiro atoms. The summed E-state index contributed by atoms with van der Waals surface area (Å²) in [6, 6.07) is 7.28. The average Bonchev–Trinajstić information content (AvgIpc) is 2.93. The van der Waals surface area contributed by atoms with Crippen LogP contribution in [-0.4, -0.2) is 25.2 Å². The highest BCUT2D eigenvalue weighted by atomic mass is 35.5. The van der Waals surface area contributed by atoms with E-state index in [-0.39, 0.29) is 12.0 Å². The van der Waals surface area contributed by atoms with Gasteiger partial charge in [-0.05, 0) is 37.0 Å². The number of nitrogens with two attached hydrogens (primary N) is 1. The Hall–Kier alpha value is -1.10. The van der Waals surface area contributed by atoms with Crippen molar-refractivity contribution in [3.63, 3.8) is 0 Å². The van der Waals surface area contributed by atoms with Crippen LogP contribution in [0.4, 0.5) is 0 Å². The molecule has 0 aromatic heterocycles. The molecule has 20 heavy (non-hydrogen) atoms. The number of ether oxygens (including phenoxy) is 1. The van der Waals surface area contributed by atoms with E-state index in [1.807, 2.05) is 19.1 Å². The molecule has 5 heteroatoms. The van der Waals surface area contributed by atoms with E-state index < -0.39 is 5.54 Å². The van der Waals surface area contributed by atoms with Gasteiger partial charge < -0.3 is 10.5 Å². The van der Waals surface area contributed by atoms with Crippen LogP contribution in [0.5, 0.6) is 0 Å². The number of halogens is 1. The van der Waals surface area contributed by atoms with Crippen LogP contribution in [0.1, 0.15) is 31.7 Å². The summed E-state index contributed by atoms with van der Waals surface area (Å²) in [5, 5.41) is 3.91. The van der Waals surface area contributed by atoms with E-state index in [2.05, 4.69) is 5.32 Å². The predicted octanol–water partition coefficient (Wildman–Crippen LogP) is 2.20. The van der Waals surface area contributed by atoms with Crippen LogP contribution in [0.15, 0.2) is 24.3 Å². The van der Waals surface area contributed by atoms with Crippen LogP contribution in [0.25, 0.3) is 0 Å². The lowest BCUT2D eigenvalue weighted by molar-refractivity contribution is -0.125. The second kappa shape index (κ2) is 6.57. The molecule has 2 unspecified atom stereocenters. The van der Waals surface area contributed by atoms with Gasteiger partial charge in [-0.25, -0.2) is 0 Å². The summed E-state index contributed by atoms with van der Waals surface area (Å²) in [4.78, 5) is 12.0. The molecular weight excluding hydrogens is 276 g/mol. The molecule has 110 valence electrons. The molecule has 1 amide bonds. The fraction of sp³-hybridized carbons (Fsp3) is 0.533. The molecule has 3 N–H and O–H groups in total. The number of carbonyl (C=O) groups excluding carboxylic acids is 1. The molecule has 0 radical (unpaired) electrons. The third-order valence-electron chi connectivity index (χ3n) is 3.92. The molecule has 1 fully saturated rings. The first-order valence-corrected chi connectivity index (χ1v) is 7.39.